The van der Waals surface area contributed by atoms with E-state index in [1.54, 1.807) is 24.3 Å². The van der Waals surface area contributed by atoms with Crippen LogP contribution in [0.2, 0.25) is 10.0 Å². The molecule has 4 nitrogen and oxygen atoms in total. The van der Waals surface area contributed by atoms with Gasteiger partial charge in [0.1, 0.15) is 4.90 Å². The van der Waals surface area contributed by atoms with Gasteiger partial charge in [0, 0.05) is 10.7 Å². The number of nitrogens with one attached hydrogen (secondary N) is 1. The lowest BCUT2D eigenvalue weighted by atomic mass is 10.2. The van der Waals surface area contributed by atoms with Crippen molar-refractivity contribution in [1.29, 1.82) is 0 Å². The molecule has 0 aliphatic heterocycles. The highest BCUT2D eigenvalue weighted by Gasteiger charge is 2.18. The van der Waals surface area contributed by atoms with Crippen molar-refractivity contribution in [2.24, 2.45) is 0 Å². The van der Waals surface area contributed by atoms with Gasteiger partial charge in [-0.15, -0.1) is 0 Å². The Morgan fingerprint density at radius 3 is 2.30 bits per heavy atom. The molecule has 2 rings (SSSR count). The van der Waals surface area contributed by atoms with Gasteiger partial charge < -0.3 is 5.11 Å². The van der Waals surface area contributed by atoms with E-state index in [4.69, 9.17) is 28.3 Å². The van der Waals surface area contributed by atoms with Gasteiger partial charge in [-0.2, -0.15) is 0 Å². The topological polar surface area (TPSA) is 66.4 Å². The molecule has 0 spiro atoms. The first-order valence-electron chi connectivity index (χ1n) is 5.60. The number of halogens is 2. The van der Waals surface area contributed by atoms with Crippen LogP contribution in [-0.2, 0) is 16.6 Å². The van der Waals surface area contributed by atoms with Gasteiger partial charge in [-0.3, -0.25) is 4.72 Å². The maximum Gasteiger partial charge on any atom is 0.263 e. The van der Waals surface area contributed by atoms with E-state index < -0.39 is 10.0 Å². The van der Waals surface area contributed by atoms with Crippen molar-refractivity contribution < 1.29 is 13.5 Å². The normalized spacial score (nSPS) is 11.3. The zero-order valence-electron chi connectivity index (χ0n) is 10.2. The fourth-order valence-corrected chi connectivity index (χ4v) is 3.39. The summed E-state index contributed by atoms with van der Waals surface area (Å²) in [5.41, 5.74) is 1.06. The van der Waals surface area contributed by atoms with Crippen molar-refractivity contribution in [3.05, 3.63) is 58.1 Å². The standard InChI is InChI=1S/C13H11Cl2NO3S/c14-10-3-6-12(15)13(7-10)20(18,19)16-11-4-1-9(8-17)2-5-11/h1-7,16-17H,8H2. The highest BCUT2D eigenvalue weighted by molar-refractivity contribution is 7.92. The van der Waals surface area contributed by atoms with Crippen LogP contribution in [0.1, 0.15) is 5.56 Å². The van der Waals surface area contributed by atoms with Crippen molar-refractivity contribution in [3.8, 4) is 0 Å². The quantitative estimate of drug-likeness (QED) is 0.903. The van der Waals surface area contributed by atoms with E-state index in [1.165, 1.54) is 18.2 Å². The van der Waals surface area contributed by atoms with Gasteiger partial charge in [0.05, 0.1) is 11.6 Å². The number of hydrogen-bond acceptors (Lipinski definition) is 3. The van der Waals surface area contributed by atoms with Crippen molar-refractivity contribution in [1.82, 2.24) is 0 Å². The summed E-state index contributed by atoms with van der Waals surface area (Å²) in [4.78, 5) is -0.0853. The van der Waals surface area contributed by atoms with E-state index in [0.29, 0.717) is 11.3 Å². The second kappa shape index (κ2) is 6.01. The molecule has 0 atom stereocenters. The Morgan fingerprint density at radius 2 is 1.70 bits per heavy atom. The molecule has 0 amide bonds. The maximum atomic E-state index is 12.2. The molecule has 106 valence electrons. The van der Waals surface area contributed by atoms with E-state index in [1.807, 2.05) is 0 Å². The van der Waals surface area contributed by atoms with E-state index in [2.05, 4.69) is 4.72 Å². The van der Waals surface area contributed by atoms with Gasteiger partial charge in [0.15, 0.2) is 0 Å². The smallest absolute Gasteiger partial charge is 0.263 e. The molecule has 0 aromatic heterocycles. The van der Waals surface area contributed by atoms with Gasteiger partial charge in [0.25, 0.3) is 10.0 Å². The Bertz CT molecular complexity index is 715. The van der Waals surface area contributed by atoms with Crippen molar-refractivity contribution in [3.63, 3.8) is 0 Å². The summed E-state index contributed by atoms with van der Waals surface area (Å²) >= 11 is 11.7. The molecule has 2 aromatic carbocycles. The number of sulfonamides is 1. The summed E-state index contributed by atoms with van der Waals surface area (Å²) in [6, 6.07) is 10.6. The van der Waals surface area contributed by atoms with Crippen LogP contribution in [0.25, 0.3) is 0 Å². The fraction of sp³-hybridized carbons (Fsp3) is 0.0769. The lowest BCUT2D eigenvalue weighted by Crippen LogP contribution is -2.13. The molecule has 0 unspecified atom stereocenters. The minimum absolute atomic E-state index is 0.0853. The monoisotopic (exact) mass is 331 g/mol. The molecule has 0 fully saturated rings. The molecule has 2 aromatic rings. The minimum atomic E-state index is -3.81. The van der Waals surface area contributed by atoms with Crippen LogP contribution in [0.4, 0.5) is 5.69 Å². The van der Waals surface area contributed by atoms with Gasteiger partial charge in [0.2, 0.25) is 0 Å². The Labute approximate surface area is 127 Å². The molecule has 2 N–H and O–H groups in total. The van der Waals surface area contributed by atoms with Crippen LogP contribution < -0.4 is 4.72 Å². The SMILES string of the molecule is O=S(=O)(Nc1ccc(CO)cc1)c1cc(Cl)ccc1Cl. The van der Waals surface area contributed by atoms with Gasteiger partial charge in [-0.25, -0.2) is 8.42 Å². The predicted molar refractivity (Wildman–Crippen MR) is 79.6 cm³/mol. The summed E-state index contributed by atoms with van der Waals surface area (Å²) < 4.78 is 26.9. The minimum Gasteiger partial charge on any atom is -0.392 e. The number of hydrogen-bond donors (Lipinski definition) is 2. The van der Waals surface area contributed by atoms with Crippen LogP contribution in [-0.4, -0.2) is 13.5 Å². The van der Waals surface area contributed by atoms with Gasteiger partial charge in [-0.05, 0) is 35.9 Å². The van der Waals surface area contributed by atoms with E-state index in [9.17, 15) is 8.42 Å². The Balaban J connectivity index is 2.32. The van der Waals surface area contributed by atoms with Gasteiger partial charge >= 0.3 is 0 Å². The first-order valence-corrected chi connectivity index (χ1v) is 7.84. The molecular formula is C13H11Cl2NO3S. The molecule has 0 saturated heterocycles. The average Bonchev–Trinajstić information content (AvgIpc) is 2.42. The molecule has 0 radical (unpaired) electrons. The van der Waals surface area contributed by atoms with Crippen molar-refractivity contribution in [2.45, 2.75) is 11.5 Å². The lowest BCUT2D eigenvalue weighted by molar-refractivity contribution is 0.282. The Kier molecular flexibility index (Phi) is 4.55. The third-order valence-corrected chi connectivity index (χ3v) is 4.67. The average molecular weight is 332 g/mol. The number of aliphatic hydroxyl groups excluding tert-OH is 1. The summed E-state index contributed by atoms with van der Waals surface area (Å²) in [6.07, 6.45) is 0. The van der Waals surface area contributed by atoms with E-state index in [-0.39, 0.29) is 21.5 Å². The fourth-order valence-electron chi connectivity index (χ4n) is 1.57. The first-order chi connectivity index (χ1) is 9.42. The summed E-state index contributed by atoms with van der Waals surface area (Å²) in [5.74, 6) is 0. The third kappa shape index (κ3) is 3.43. The van der Waals surface area contributed by atoms with E-state index in [0.717, 1.165) is 0 Å². The molecule has 0 bridgehead atoms. The number of rotatable bonds is 4. The Hall–Kier alpha value is -1.27. The largest absolute Gasteiger partial charge is 0.392 e. The summed E-state index contributed by atoms with van der Waals surface area (Å²) in [5, 5.41) is 9.31. The highest BCUT2D eigenvalue weighted by atomic mass is 35.5. The zero-order chi connectivity index (χ0) is 14.8. The highest BCUT2D eigenvalue weighted by Crippen LogP contribution is 2.26. The third-order valence-electron chi connectivity index (χ3n) is 2.57. The molecule has 0 aliphatic carbocycles. The van der Waals surface area contributed by atoms with Crippen LogP contribution in [0, 0.1) is 0 Å². The molecule has 20 heavy (non-hydrogen) atoms. The number of benzene rings is 2. The first kappa shape index (κ1) is 15.1. The van der Waals surface area contributed by atoms with Crippen LogP contribution in [0.5, 0.6) is 0 Å². The Morgan fingerprint density at radius 1 is 1.05 bits per heavy atom. The lowest BCUT2D eigenvalue weighted by Gasteiger charge is -2.10. The van der Waals surface area contributed by atoms with Crippen LogP contribution >= 0.6 is 23.2 Å². The number of anilines is 1. The molecule has 0 heterocycles. The zero-order valence-corrected chi connectivity index (χ0v) is 12.5. The summed E-state index contributed by atoms with van der Waals surface area (Å²) in [7, 11) is -3.81. The van der Waals surface area contributed by atoms with Crippen molar-refractivity contribution in [2.75, 3.05) is 4.72 Å². The number of aliphatic hydroxyl groups is 1. The van der Waals surface area contributed by atoms with Gasteiger partial charge in [-0.1, -0.05) is 35.3 Å². The van der Waals surface area contributed by atoms with Crippen LogP contribution in [0.3, 0.4) is 0 Å². The molecule has 0 saturated carbocycles. The predicted octanol–water partition coefficient (Wildman–Crippen LogP) is 3.29. The van der Waals surface area contributed by atoms with Crippen molar-refractivity contribution >= 4 is 38.9 Å². The molecule has 7 heteroatoms. The molecule has 0 aliphatic rings. The second-order valence-electron chi connectivity index (χ2n) is 4.04. The molecular weight excluding hydrogens is 321 g/mol. The van der Waals surface area contributed by atoms with Crippen LogP contribution in [0.15, 0.2) is 47.4 Å². The van der Waals surface area contributed by atoms with E-state index >= 15 is 0 Å². The second-order valence-corrected chi connectivity index (χ2v) is 6.53. The maximum absolute atomic E-state index is 12.2. The summed E-state index contributed by atoms with van der Waals surface area (Å²) in [6.45, 7) is -0.104.